The van der Waals surface area contributed by atoms with E-state index in [1.54, 1.807) is 23.1 Å². The van der Waals surface area contributed by atoms with E-state index in [1.165, 1.54) is 11.1 Å². The van der Waals surface area contributed by atoms with Gasteiger partial charge in [-0.25, -0.2) is 4.98 Å². The quantitative estimate of drug-likeness (QED) is 0.522. The van der Waals surface area contributed by atoms with Crippen LogP contribution < -0.4 is 10.1 Å². The molecule has 140 valence electrons. The molecule has 27 heavy (non-hydrogen) atoms. The summed E-state index contributed by atoms with van der Waals surface area (Å²) in [6.45, 7) is 4.56. The number of aromatic nitrogens is 1. The number of para-hydroxylation sites is 2. The number of amides is 1. The molecule has 3 rings (SSSR count). The van der Waals surface area contributed by atoms with Gasteiger partial charge in [-0.1, -0.05) is 53.7 Å². The van der Waals surface area contributed by atoms with Gasteiger partial charge in [0, 0.05) is 11.1 Å². The Morgan fingerprint density at radius 1 is 1.19 bits per heavy atom. The molecule has 1 amide bonds. The fraction of sp³-hybridized carbons (Fsp3) is 0.238. The third-order valence-corrected chi connectivity index (χ3v) is 5.96. The van der Waals surface area contributed by atoms with Gasteiger partial charge in [0.25, 0.3) is 0 Å². The van der Waals surface area contributed by atoms with Gasteiger partial charge in [-0.2, -0.15) is 0 Å². The zero-order valence-electron chi connectivity index (χ0n) is 15.4. The van der Waals surface area contributed by atoms with Crippen LogP contribution in [0.15, 0.2) is 58.3 Å². The van der Waals surface area contributed by atoms with Crippen LogP contribution >= 0.6 is 23.1 Å². The average Bonchev–Trinajstić information content (AvgIpc) is 3.10. The van der Waals surface area contributed by atoms with Crippen molar-refractivity contribution in [2.24, 2.45) is 0 Å². The lowest BCUT2D eigenvalue weighted by molar-refractivity contribution is -0.115. The number of rotatable bonds is 8. The van der Waals surface area contributed by atoms with Gasteiger partial charge in [-0.05, 0) is 31.5 Å². The maximum atomic E-state index is 12.4. The Morgan fingerprint density at radius 2 is 1.96 bits per heavy atom. The number of carbonyl (C=O) groups is 1. The van der Waals surface area contributed by atoms with Crippen LogP contribution in [0, 0.1) is 6.92 Å². The molecule has 3 aromatic rings. The minimum absolute atomic E-state index is 0.0949. The molecule has 0 saturated carbocycles. The van der Waals surface area contributed by atoms with Crippen LogP contribution in [0.2, 0.25) is 0 Å². The van der Waals surface area contributed by atoms with Gasteiger partial charge in [-0.3, -0.25) is 4.79 Å². The smallest absolute Gasteiger partial charge is 0.230 e. The van der Waals surface area contributed by atoms with Crippen LogP contribution in [0.3, 0.4) is 0 Å². The maximum Gasteiger partial charge on any atom is 0.230 e. The van der Waals surface area contributed by atoms with Gasteiger partial charge in [0.05, 0.1) is 24.4 Å². The van der Waals surface area contributed by atoms with E-state index in [0.29, 0.717) is 18.0 Å². The van der Waals surface area contributed by atoms with E-state index in [-0.39, 0.29) is 12.3 Å². The molecule has 2 aromatic carbocycles. The van der Waals surface area contributed by atoms with Crippen molar-refractivity contribution in [1.29, 1.82) is 0 Å². The number of anilines is 1. The summed E-state index contributed by atoms with van der Waals surface area (Å²) in [6.07, 6.45) is 0.252. The van der Waals surface area contributed by atoms with Crippen LogP contribution in [-0.2, 0) is 17.0 Å². The van der Waals surface area contributed by atoms with E-state index in [0.717, 1.165) is 15.8 Å². The van der Waals surface area contributed by atoms with Crippen molar-refractivity contribution in [3.63, 3.8) is 0 Å². The number of thioether (sulfide) groups is 1. The van der Waals surface area contributed by atoms with E-state index in [9.17, 15) is 4.79 Å². The van der Waals surface area contributed by atoms with Gasteiger partial charge >= 0.3 is 0 Å². The summed E-state index contributed by atoms with van der Waals surface area (Å²) in [4.78, 5) is 16.9. The summed E-state index contributed by atoms with van der Waals surface area (Å²) in [5, 5.41) is 4.86. The fourth-order valence-corrected chi connectivity index (χ4v) is 4.28. The molecule has 0 radical (unpaired) electrons. The molecule has 0 fully saturated rings. The molecule has 0 bridgehead atoms. The Labute approximate surface area is 168 Å². The molecule has 1 heterocycles. The number of carbonyl (C=O) groups excluding carboxylic acids is 1. The molecule has 0 unspecified atom stereocenters. The van der Waals surface area contributed by atoms with Crippen LogP contribution in [-0.4, -0.2) is 17.5 Å². The number of nitrogens with one attached hydrogen (secondary N) is 1. The first-order valence-corrected chi connectivity index (χ1v) is 10.6. The first kappa shape index (κ1) is 19.5. The van der Waals surface area contributed by atoms with Crippen LogP contribution in [0.1, 0.15) is 23.7 Å². The van der Waals surface area contributed by atoms with Crippen LogP contribution in [0.4, 0.5) is 5.69 Å². The van der Waals surface area contributed by atoms with Crippen LogP contribution in [0.5, 0.6) is 5.75 Å². The second-order valence-electron chi connectivity index (χ2n) is 6.03. The SMILES string of the molecule is CCOc1ccccc1NC(=O)Cc1csc(SCc2ccc(C)cc2)n1. The summed E-state index contributed by atoms with van der Waals surface area (Å²) in [6, 6.07) is 16.0. The lowest BCUT2D eigenvalue weighted by atomic mass is 10.2. The monoisotopic (exact) mass is 398 g/mol. The Bertz CT molecular complexity index is 891. The minimum atomic E-state index is -0.0949. The van der Waals surface area contributed by atoms with Crippen molar-refractivity contribution in [3.05, 3.63) is 70.7 Å². The van der Waals surface area contributed by atoms with Crippen molar-refractivity contribution in [3.8, 4) is 5.75 Å². The Balaban J connectivity index is 1.54. The minimum Gasteiger partial charge on any atom is -0.492 e. The van der Waals surface area contributed by atoms with E-state index < -0.39 is 0 Å². The van der Waals surface area contributed by atoms with Crippen molar-refractivity contribution >= 4 is 34.7 Å². The molecule has 4 nitrogen and oxygen atoms in total. The Morgan fingerprint density at radius 3 is 2.74 bits per heavy atom. The van der Waals surface area contributed by atoms with Crippen molar-refractivity contribution in [2.75, 3.05) is 11.9 Å². The molecule has 0 atom stereocenters. The largest absolute Gasteiger partial charge is 0.492 e. The summed E-state index contributed by atoms with van der Waals surface area (Å²) < 4.78 is 6.52. The predicted molar refractivity (Wildman–Crippen MR) is 113 cm³/mol. The highest BCUT2D eigenvalue weighted by Gasteiger charge is 2.11. The standard InChI is InChI=1S/C21H22N2O2S2/c1-3-25-19-7-5-4-6-18(19)23-20(24)12-17-14-27-21(22-17)26-13-16-10-8-15(2)9-11-16/h4-11,14H,3,12-13H2,1-2H3,(H,23,24). The molecule has 1 aromatic heterocycles. The van der Waals surface area contributed by atoms with E-state index in [1.807, 2.05) is 36.6 Å². The molecule has 1 N–H and O–H groups in total. The highest BCUT2D eigenvalue weighted by atomic mass is 32.2. The molecule has 0 aliphatic rings. The number of thiazole rings is 1. The Kier molecular flexibility index (Phi) is 6.90. The summed E-state index contributed by atoms with van der Waals surface area (Å²) in [5.74, 6) is 1.46. The number of hydrogen-bond donors (Lipinski definition) is 1. The van der Waals surface area contributed by atoms with E-state index in [2.05, 4.69) is 41.5 Å². The number of nitrogens with zero attached hydrogens (tertiary/aromatic N) is 1. The molecule has 0 spiro atoms. The molecular weight excluding hydrogens is 376 g/mol. The summed E-state index contributed by atoms with van der Waals surface area (Å²) >= 11 is 3.27. The average molecular weight is 399 g/mol. The Hall–Kier alpha value is -2.31. The van der Waals surface area contributed by atoms with Gasteiger partial charge in [0.1, 0.15) is 10.1 Å². The van der Waals surface area contributed by atoms with E-state index >= 15 is 0 Å². The van der Waals surface area contributed by atoms with Gasteiger partial charge in [0.2, 0.25) is 5.91 Å². The van der Waals surface area contributed by atoms with Gasteiger partial charge < -0.3 is 10.1 Å². The zero-order valence-corrected chi connectivity index (χ0v) is 17.0. The predicted octanol–water partition coefficient (Wildman–Crippen LogP) is 5.32. The second kappa shape index (κ2) is 9.58. The summed E-state index contributed by atoms with van der Waals surface area (Å²) in [7, 11) is 0. The lowest BCUT2D eigenvalue weighted by Crippen LogP contribution is -2.15. The topological polar surface area (TPSA) is 51.2 Å². The van der Waals surface area contributed by atoms with Crippen molar-refractivity contribution in [2.45, 2.75) is 30.4 Å². The fourth-order valence-electron chi connectivity index (χ4n) is 2.48. The third-order valence-electron chi connectivity index (χ3n) is 3.82. The highest BCUT2D eigenvalue weighted by Crippen LogP contribution is 2.27. The lowest BCUT2D eigenvalue weighted by Gasteiger charge is -2.10. The summed E-state index contributed by atoms with van der Waals surface area (Å²) in [5.41, 5.74) is 4.01. The number of ether oxygens (including phenoxy) is 1. The molecular formula is C21H22N2O2S2. The highest BCUT2D eigenvalue weighted by molar-refractivity contribution is 8.00. The van der Waals surface area contributed by atoms with Crippen molar-refractivity contribution in [1.82, 2.24) is 4.98 Å². The molecule has 6 heteroatoms. The third kappa shape index (κ3) is 5.84. The maximum absolute atomic E-state index is 12.4. The van der Waals surface area contributed by atoms with Crippen LogP contribution in [0.25, 0.3) is 0 Å². The molecule has 0 saturated heterocycles. The van der Waals surface area contributed by atoms with Gasteiger partial charge in [-0.15, -0.1) is 11.3 Å². The first-order valence-electron chi connectivity index (χ1n) is 8.78. The van der Waals surface area contributed by atoms with Gasteiger partial charge in [0.15, 0.2) is 0 Å². The normalized spacial score (nSPS) is 10.6. The van der Waals surface area contributed by atoms with E-state index in [4.69, 9.17) is 4.74 Å². The number of aryl methyl sites for hydroxylation is 1. The van der Waals surface area contributed by atoms with Crippen molar-refractivity contribution < 1.29 is 9.53 Å². The molecule has 0 aliphatic heterocycles. The second-order valence-corrected chi connectivity index (χ2v) is 8.11. The number of benzene rings is 2. The molecule has 0 aliphatic carbocycles. The first-order chi connectivity index (χ1) is 13.1. The zero-order chi connectivity index (χ0) is 19.1. The number of hydrogen-bond acceptors (Lipinski definition) is 5.